The van der Waals surface area contributed by atoms with Crippen LogP contribution < -0.4 is 4.74 Å². The van der Waals surface area contributed by atoms with Gasteiger partial charge in [-0.15, -0.1) is 13.2 Å². The predicted octanol–water partition coefficient (Wildman–Crippen LogP) is 4.42. The van der Waals surface area contributed by atoms with Crippen LogP contribution in [0.15, 0.2) is 6.20 Å². The van der Waals surface area contributed by atoms with Gasteiger partial charge in [0, 0.05) is 15.1 Å². The van der Waals surface area contributed by atoms with E-state index in [9.17, 15) is 22.0 Å². The highest BCUT2D eigenvalue weighted by atomic mass is 127. The van der Waals surface area contributed by atoms with E-state index in [1.165, 1.54) is 0 Å². The lowest BCUT2D eigenvalue weighted by atomic mass is 10.1. The van der Waals surface area contributed by atoms with Gasteiger partial charge in [0.2, 0.25) is 5.88 Å². The normalized spacial score (nSPS) is 12.0. The number of nitrogens with zero attached hydrogens (tertiary/aromatic N) is 1. The Hall–Kier alpha value is -0.190. The van der Waals surface area contributed by atoms with Gasteiger partial charge in [-0.25, -0.2) is 13.8 Å². The Kier molecular flexibility index (Phi) is 4.93. The molecule has 1 aromatic heterocycles. The summed E-state index contributed by atoms with van der Waals surface area (Å²) in [6, 6.07) is 0. The molecule has 0 amide bonds. The summed E-state index contributed by atoms with van der Waals surface area (Å²) in [5, 5.41) is -0.0122. The molecular formula is C8H4BrF5INO. The molecule has 1 rings (SSSR count). The molecule has 0 aliphatic heterocycles. The lowest BCUT2D eigenvalue weighted by Crippen LogP contribution is -2.20. The smallest absolute Gasteiger partial charge is 0.387 e. The van der Waals surface area contributed by atoms with Crippen molar-refractivity contribution in [1.29, 1.82) is 0 Å². The maximum Gasteiger partial charge on any atom is 0.574 e. The molecule has 0 aromatic carbocycles. The fraction of sp³-hybridized carbons (Fsp3) is 0.375. The van der Waals surface area contributed by atoms with Crippen molar-refractivity contribution in [1.82, 2.24) is 4.98 Å². The van der Waals surface area contributed by atoms with Gasteiger partial charge in [0.05, 0.1) is 5.56 Å². The Balaban J connectivity index is 3.30. The van der Waals surface area contributed by atoms with Gasteiger partial charge >= 0.3 is 6.36 Å². The quantitative estimate of drug-likeness (QED) is 0.401. The number of aromatic nitrogens is 1. The highest BCUT2D eigenvalue weighted by Crippen LogP contribution is 2.36. The van der Waals surface area contributed by atoms with E-state index in [2.05, 4.69) is 25.7 Å². The third-order valence-electron chi connectivity index (χ3n) is 1.70. The Bertz CT molecular complexity index is 412. The summed E-state index contributed by atoms with van der Waals surface area (Å²) in [4.78, 5) is 3.24. The fourth-order valence-corrected chi connectivity index (χ4v) is 2.82. The molecule has 1 aromatic rings. The molecule has 0 unspecified atom stereocenters. The Morgan fingerprint density at radius 2 is 2.00 bits per heavy atom. The molecule has 0 fully saturated rings. The van der Waals surface area contributed by atoms with Crippen LogP contribution in [0.5, 0.6) is 5.88 Å². The first-order valence-electron chi connectivity index (χ1n) is 4.03. The van der Waals surface area contributed by atoms with E-state index in [0.717, 1.165) is 6.20 Å². The van der Waals surface area contributed by atoms with Gasteiger partial charge in [0.25, 0.3) is 6.43 Å². The van der Waals surface area contributed by atoms with Crippen LogP contribution in [0, 0.1) is 3.57 Å². The van der Waals surface area contributed by atoms with Gasteiger partial charge in [-0.3, -0.25) is 0 Å². The van der Waals surface area contributed by atoms with E-state index in [1.54, 1.807) is 22.6 Å². The van der Waals surface area contributed by atoms with Crippen LogP contribution in [0.3, 0.4) is 0 Å². The number of pyridine rings is 1. The van der Waals surface area contributed by atoms with Gasteiger partial charge in [-0.1, -0.05) is 15.9 Å². The number of ether oxygens (including phenoxy) is 1. The van der Waals surface area contributed by atoms with Crippen molar-refractivity contribution in [3.05, 3.63) is 20.9 Å². The van der Waals surface area contributed by atoms with Gasteiger partial charge < -0.3 is 4.74 Å². The van der Waals surface area contributed by atoms with Crippen molar-refractivity contribution in [2.75, 3.05) is 0 Å². The second kappa shape index (κ2) is 5.63. The van der Waals surface area contributed by atoms with E-state index in [0.29, 0.717) is 3.57 Å². The summed E-state index contributed by atoms with van der Waals surface area (Å²) in [5.41, 5.74) is -0.805. The summed E-state index contributed by atoms with van der Waals surface area (Å²) < 4.78 is 65.3. The molecule has 0 N–H and O–H groups in total. The van der Waals surface area contributed by atoms with Crippen LogP contribution in [-0.4, -0.2) is 11.3 Å². The molecule has 0 saturated carbocycles. The maximum absolute atomic E-state index is 12.7. The van der Waals surface area contributed by atoms with Gasteiger partial charge in [-0.05, 0) is 28.2 Å². The van der Waals surface area contributed by atoms with E-state index in [1.807, 2.05) is 0 Å². The SMILES string of the molecule is FC(F)c1c(OC(F)(F)F)ncc(I)c1CBr. The summed E-state index contributed by atoms with van der Waals surface area (Å²) >= 11 is 4.65. The van der Waals surface area contributed by atoms with Crippen LogP contribution in [0.2, 0.25) is 0 Å². The van der Waals surface area contributed by atoms with Crippen LogP contribution in [0.4, 0.5) is 22.0 Å². The molecule has 2 nitrogen and oxygen atoms in total. The van der Waals surface area contributed by atoms with Crippen molar-refractivity contribution >= 4 is 38.5 Å². The second-order valence-electron chi connectivity index (χ2n) is 2.79. The van der Waals surface area contributed by atoms with Gasteiger partial charge in [0.15, 0.2) is 0 Å². The average molecular weight is 432 g/mol. The first-order valence-corrected chi connectivity index (χ1v) is 6.23. The minimum absolute atomic E-state index is 0.0122. The standard InChI is InChI=1S/C8H4BrF5INO/c9-1-3-4(15)2-16-7(5(3)6(10)11)17-8(12,13)14/h2,6H,1H2. The van der Waals surface area contributed by atoms with Gasteiger partial charge in [-0.2, -0.15) is 0 Å². The molecule has 96 valence electrons. The molecular weight excluding hydrogens is 428 g/mol. The number of hydrogen-bond acceptors (Lipinski definition) is 2. The molecule has 0 atom stereocenters. The van der Waals surface area contributed by atoms with E-state index in [-0.39, 0.29) is 10.9 Å². The zero-order chi connectivity index (χ0) is 13.2. The van der Waals surface area contributed by atoms with Crippen molar-refractivity contribution in [3.63, 3.8) is 0 Å². The van der Waals surface area contributed by atoms with E-state index in [4.69, 9.17) is 0 Å². The first-order chi connectivity index (χ1) is 7.76. The highest BCUT2D eigenvalue weighted by Gasteiger charge is 2.35. The monoisotopic (exact) mass is 431 g/mol. The van der Waals surface area contributed by atoms with Crippen LogP contribution >= 0.6 is 38.5 Å². The van der Waals surface area contributed by atoms with Crippen molar-refractivity contribution < 1.29 is 26.7 Å². The third-order valence-corrected chi connectivity index (χ3v) is 3.19. The summed E-state index contributed by atoms with van der Waals surface area (Å²) in [5.74, 6) is -1.11. The van der Waals surface area contributed by atoms with Crippen LogP contribution in [0.25, 0.3) is 0 Å². The van der Waals surface area contributed by atoms with Crippen molar-refractivity contribution in [3.8, 4) is 5.88 Å². The minimum Gasteiger partial charge on any atom is -0.387 e. The second-order valence-corrected chi connectivity index (χ2v) is 4.51. The fourth-order valence-electron chi connectivity index (χ4n) is 1.07. The summed E-state index contributed by atoms with van der Waals surface area (Å²) in [7, 11) is 0. The number of alkyl halides is 6. The number of halogens is 7. The summed E-state index contributed by atoms with van der Waals surface area (Å²) in [6.07, 6.45) is -7.10. The molecule has 0 bridgehead atoms. The van der Waals surface area contributed by atoms with Crippen molar-refractivity contribution in [2.45, 2.75) is 18.1 Å². The first kappa shape index (κ1) is 14.9. The average Bonchev–Trinajstić information content (AvgIpc) is 2.17. The maximum atomic E-state index is 12.7. The molecule has 0 saturated heterocycles. The Labute approximate surface area is 115 Å². The molecule has 0 spiro atoms. The van der Waals surface area contributed by atoms with E-state index >= 15 is 0 Å². The number of hydrogen-bond donors (Lipinski definition) is 0. The highest BCUT2D eigenvalue weighted by molar-refractivity contribution is 14.1. The minimum atomic E-state index is -5.05. The topological polar surface area (TPSA) is 22.1 Å². The predicted molar refractivity (Wildman–Crippen MR) is 61.2 cm³/mol. The zero-order valence-corrected chi connectivity index (χ0v) is 11.6. The molecule has 17 heavy (non-hydrogen) atoms. The van der Waals surface area contributed by atoms with Crippen LogP contribution in [-0.2, 0) is 5.33 Å². The molecule has 0 aliphatic rings. The van der Waals surface area contributed by atoms with E-state index < -0.39 is 24.2 Å². The lowest BCUT2D eigenvalue weighted by Gasteiger charge is -2.15. The van der Waals surface area contributed by atoms with Gasteiger partial charge in [0.1, 0.15) is 0 Å². The Morgan fingerprint density at radius 3 is 2.41 bits per heavy atom. The number of rotatable bonds is 3. The molecule has 0 radical (unpaired) electrons. The summed E-state index contributed by atoms with van der Waals surface area (Å²) in [6.45, 7) is 0. The lowest BCUT2D eigenvalue weighted by molar-refractivity contribution is -0.276. The Morgan fingerprint density at radius 1 is 1.41 bits per heavy atom. The third kappa shape index (κ3) is 3.90. The van der Waals surface area contributed by atoms with Crippen LogP contribution in [0.1, 0.15) is 17.6 Å². The molecule has 9 heteroatoms. The molecule has 0 aliphatic carbocycles. The largest absolute Gasteiger partial charge is 0.574 e. The zero-order valence-electron chi connectivity index (χ0n) is 7.86. The van der Waals surface area contributed by atoms with Crippen molar-refractivity contribution in [2.24, 2.45) is 0 Å². The molecule has 1 heterocycles.